The fraction of sp³-hybridized carbons (Fsp3) is 0.778. The molecule has 0 saturated heterocycles. The molecule has 0 bridgehead atoms. The van der Waals surface area contributed by atoms with E-state index in [2.05, 4.69) is 10.6 Å². The third-order valence-corrected chi connectivity index (χ3v) is 1.60. The number of hydrogen-bond donors (Lipinski definition) is 3. The van der Waals surface area contributed by atoms with Gasteiger partial charge in [0.2, 0.25) is 11.8 Å². The molecule has 0 aromatic carbocycles. The Balaban J connectivity index is 4.11. The van der Waals surface area contributed by atoms with E-state index >= 15 is 0 Å². The topological polar surface area (TPSA) is 84.2 Å². The zero-order valence-corrected chi connectivity index (χ0v) is 9.18. The van der Waals surface area contributed by atoms with Crippen LogP contribution in [-0.2, 0) is 9.59 Å². The molecule has 0 radical (unpaired) electrons. The van der Waals surface area contributed by atoms with Gasteiger partial charge in [0.25, 0.3) is 0 Å². The quantitative estimate of drug-likeness (QED) is 0.566. The average Bonchev–Trinajstić information content (AvgIpc) is 1.96. The summed E-state index contributed by atoms with van der Waals surface area (Å²) in [7, 11) is 1.60. The minimum atomic E-state index is -0.600. The van der Waals surface area contributed by atoms with Crippen LogP contribution in [0, 0.1) is 0 Å². The third-order valence-electron chi connectivity index (χ3n) is 1.60. The Morgan fingerprint density at radius 1 is 1.36 bits per heavy atom. The van der Waals surface area contributed by atoms with E-state index in [0.29, 0.717) is 0 Å². The van der Waals surface area contributed by atoms with E-state index in [4.69, 9.17) is 5.73 Å². The molecule has 0 spiro atoms. The van der Waals surface area contributed by atoms with E-state index in [1.165, 1.54) is 0 Å². The van der Waals surface area contributed by atoms with Gasteiger partial charge in [0, 0.05) is 5.54 Å². The number of carbonyl (C=O) groups is 2. The predicted octanol–water partition coefficient (Wildman–Crippen LogP) is -0.635. The van der Waals surface area contributed by atoms with Crippen molar-refractivity contribution in [3.63, 3.8) is 0 Å². The molecule has 82 valence electrons. The molecule has 1 unspecified atom stereocenters. The Morgan fingerprint density at radius 2 is 1.86 bits per heavy atom. The lowest BCUT2D eigenvalue weighted by molar-refractivity contribution is -0.127. The molecule has 5 heteroatoms. The first-order chi connectivity index (χ1) is 6.26. The Hall–Kier alpha value is -1.10. The van der Waals surface area contributed by atoms with Gasteiger partial charge in [-0.1, -0.05) is 0 Å². The summed E-state index contributed by atoms with van der Waals surface area (Å²) in [5.74, 6) is -0.702. The SMILES string of the molecule is CNC(CC(=O)NC(C)(C)C)C(N)=O. The lowest BCUT2D eigenvalue weighted by atomic mass is 10.1. The van der Waals surface area contributed by atoms with Crippen molar-refractivity contribution in [3.05, 3.63) is 0 Å². The van der Waals surface area contributed by atoms with Gasteiger partial charge in [-0.3, -0.25) is 9.59 Å². The highest BCUT2D eigenvalue weighted by Crippen LogP contribution is 2.00. The van der Waals surface area contributed by atoms with Gasteiger partial charge in [0.1, 0.15) is 0 Å². The van der Waals surface area contributed by atoms with Gasteiger partial charge in [0.15, 0.2) is 0 Å². The van der Waals surface area contributed by atoms with Crippen molar-refractivity contribution in [3.8, 4) is 0 Å². The zero-order valence-electron chi connectivity index (χ0n) is 9.18. The Labute approximate surface area is 84.4 Å². The number of amides is 2. The van der Waals surface area contributed by atoms with Crippen LogP contribution in [0.3, 0.4) is 0 Å². The molecule has 2 amide bonds. The molecular weight excluding hydrogens is 182 g/mol. The van der Waals surface area contributed by atoms with Crippen LogP contribution in [0.5, 0.6) is 0 Å². The summed E-state index contributed by atoms with van der Waals surface area (Å²) in [4.78, 5) is 22.2. The summed E-state index contributed by atoms with van der Waals surface area (Å²) in [6.45, 7) is 5.64. The van der Waals surface area contributed by atoms with E-state index in [1.54, 1.807) is 7.05 Å². The molecule has 5 nitrogen and oxygen atoms in total. The first-order valence-electron chi connectivity index (χ1n) is 4.54. The van der Waals surface area contributed by atoms with Crippen LogP contribution in [0.4, 0.5) is 0 Å². The summed E-state index contributed by atoms with van der Waals surface area (Å²) in [6.07, 6.45) is 0.0725. The fourth-order valence-corrected chi connectivity index (χ4v) is 1.000. The highest BCUT2D eigenvalue weighted by atomic mass is 16.2. The van der Waals surface area contributed by atoms with Crippen LogP contribution in [-0.4, -0.2) is 30.4 Å². The maximum absolute atomic E-state index is 11.4. The van der Waals surface area contributed by atoms with Crippen LogP contribution in [0.1, 0.15) is 27.2 Å². The molecule has 0 aliphatic heterocycles. The van der Waals surface area contributed by atoms with Crippen molar-refractivity contribution in [1.82, 2.24) is 10.6 Å². The lowest BCUT2D eigenvalue weighted by Crippen LogP contribution is -2.47. The van der Waals surface area contributed by atoms with Crippen LogP contribution in [0.25, 0.3) is 0 Å². The van der Waals surface area contributed by atoms with E-state index in [-0.39, 0.29) is 17.9 Å². The standard InChI is InChI=1S/C9H19N3O2/c1-9(2,3)12-7(13)5-6(11-4)8(10)14/h6,11H,5H2,1-4H3,(H2,10,14)(H,12,13). The normalized spacial score (nSPS) is 13.4. The molecule has 1 atom stereocenters. The molecule has 0 saturated carbocycles. The van der Waals surface area contributed by atoms with Crippen LogP contribution in [0.15, 0.2) is 0 Å². The Bertz CT molecular complexity index is 221. The molecule has 0 rings (SSSR count). The van der Waals surface area contributed by atoms with Gasteiger partial charge in [0.05, 0.1) is 12.5 Å². The van der Waals surface area contributed by atoms with Crippen molar-refractivity contribution in [2.24, 2.45) is 5.73 Å². The van der Waals surface area contributed by atoms with E-state index in [0.717, 1.165) is 0 Å². The van der Waals surface area contributed by atoms with Crippen LogP contribution in [0.2, 0.25) is 0 Å². The van der Waals surface area contributed by atoms with Gasteiger partial charge in [-0.25, -0.2) is 0 Å². The maximum Gasteiger partial charge on any atom is 0.235 e. The highest BCUT2D eigenvalue weighted by molar-refractivity contribution is 5.87. The van der Waals surface area contributed by atoms with Gasteiger partial charge in [-0.15, -0.1) is 0 Å². The summed E-state index contributed by atoms with van der Waals surface area (Å²) in [5, 5.41) is 5.43. The predicted molar refractivity (Wildman–Crippen MR) is 54.6 cm³/mol. The summed E-state index contributed by atoms with van der Waals surface area (Å²) < 4.78 is 0. The number of nitrogens with one attached hydrogen (secondary N) is 2. The first kappa shape index (κ1) is 12.9. The molecule has 4 N–H and O–H groups in total. The number of likely N-dealkylation sites (N-methyl/N-ethyl adjacent to an activating group) is 1. The third kappa shape index (κ3) is 5.53. The molecular formula is C9H19N3O2. The van der Waals surface area contributed by atoms with Crippen LogP contribution < -0.4 is 16.4 Å². The molecule has 0 heterocycles. The molecule has 0 aromatic heterocycles. The maximum atomic E-state index is 11.4. The minimum absolute atomic E-state index is 0.0725. The molecule has 0 aliphatic carbocycles. The van der Waals surface area contributed by atoms with Gasteiger partial charge in [-0.2, -0.15) is 0 Å². The van der Waals surface area contributed by atoms with Gasteiger partial charge in [-0.05, 0) is 27.8 Å². The number of rotatable bonds is 4. The lowest BCUT2D eigenvalue weighted by Gasteiger charge is -2.21. The fourth-order valence-electron chi connectivity index (χ4n) is 1.000. The van der Waals surface area contributed by atoms with Crippen molar-refractivity contribution in [1.29, 1.82) is 0 Å². The van der Waals surface area contributed by atoms with Crippen LogP contribution >= 0.6 is 0 Å². The minimum Gasteiger partial charge on any atom is -0.368 e. The van der Waals surface area contributed by atoms with Gasteiger partial charge < -0.3 is 16.4 Å². The molecule has 0 aliphatic rings. The summed E-state index contributed by atoms with van der Waals surface area (Å²) in [5.41, 5.74) is 4.79. The second kappa shape index (κ2) is 4.95. The summed E-state index contributed by atoms with van der Waals surface area (Å²) in [6, 6.07) is -0.600. The Kier molecular flexibility index (Phi) is 4.56. The van der Waals surface area contributed by atoms with Crippen molar-refractivity contribution in [2.45, 2.75) is 38.8 Å². The number of nitrogens with two attached hydrogens (primary N) is 1. The smallest absolute Gasteiger partial charge is 0.235 e. The zero-order chi connectivity index (χ0) is 11.4. The molecule has 14 heavy (non-hydrogen) atoms. The number of carbonyl (C=O) groups excluding carboxylic acids is 2. The monoisotopic (exact) mass is 201 g/mol. The van der Waals surface area contributed by atoms with Crippen molar-refractivity contribution < 1.29 is 9.59 Å². The second-order valence-corrected chi connectivity index (χ2v) is 4.25. The number of hydrogen-bond acceptors (Lipinski definition) is 3. The molecule has 0 fully saturated rings. The second-order valence-electron chi connectivity index (χ2n) is 4.25. The van der Waals surface area contributed by atoms with E-state index in [9.17, 15) is 9.59 Å². The summed E-state index contributed by atoms with van der Waals surface area (Å²) >= 11 is 0. The Morgan fingerprint density at radius 3 is 2.14 bits per heavy atom. The number of primary amides is 1. The first-order valence-corrected chi connectivity index (χ1v) is 4.54. The molecule has 0 aromatic rings. The average molecular weight is 201 g/mol. The van der Waals surface area contributed by atoms with Crippen molar-refractivity contribution in [2.75, 3.05) is 7.05 Å². The largest absolute Gasteiger partial charge is 0.368 e. The van der Waals surface area contributed by atoms with E-state index in [1.807, 2.05) is 20.8 Å². The van der Waals surface area contributed by atoms with Crippen molar-refractivity contribution >= 4 is 11.8 Å². The van der Waals surface area contributed by atoms with Gasteiger partial charge >= 0.3 is 0 Å². The van der Waals surface area contributed by atoms with E-state index < -0.39 is 11.9 Å². The highest BCUT2D eigenvalue weighted by Gasteiger charge is 2.20.